The molecular formula is C20H22N2O4. The van der Waals surface area contributed by atoms with E-state index in [1.54, 1.807) is 12.1 Å². The topological polar surface area (TPSA) is 106 Å². The molecule has 136 valence electrons. The Morgan fingerprint density at radius 3 is 2.81 bits per heavy atom. The number of aromatic hydroxyl groups is 1. The van der Waals surface area contributed by atoms with Gasteiger partial charge in [-0.2, -0.15) is 5.26 Å². The quantitative estimate of drug-likeness (QED) is 0.863. The fourth-order valence-electron chi connectivity index (χ4n) is 3.60. The van der Waals surface area contributed by atoms with Gasteiger partial charge in [0, 0.05) is 18.4 Å². The van der Waals surface area contributed by atoms with Gasteiger partial charge >= 0.3 is 0 Å². The van der Waals surface area contributed by atoms with E-state index in [2.05, 4.69) is 6.07 Å². The average molecular weight is 354 g/mol. The number of benzene rings is 1. The number of Topliss-reactive ketones (excluding diaryl/α,β-unsaturated/α-hetero) is 1. The molecule has 0 fully saturated rings. The molecule has 6 nitrogen and oxygen atoms in total. The number of carbonyl (C=O) groups is 1. The van der Waals surface area contributed by atoms with Gasteiger partial charge in [0.25, 0.3) is 0 Å². The molecule has 2 aliphatic rings. The monoisotopic (exact) mass is 354 g/mol. The summed E-state index contributed by atoms with van der Waals surface area (Å²) in [5, 5.41) is 19.6. The van der Waals surface area contributed by atoms with Gasteiger partial charge in [0.05, 0.1) is 12.5 Å². The number of ketones is 1. The van der Waals surface area contributed by atoms with Gasteiger partial charge in [0.15, 0.2) is 17.3 Å². The highest BCUT2D eigenvalue weighted by atomic mass is 16.5. The molecule has 0 unspecified atom stereocenters. The van der Waals surface area contributed by atoms with Gasteiger partial charge in [-0.15, -0.1) is 0 Å². The zero-order chi connectivity index (χ0) is 19.1. The van der Waals surface area contributed by atoms with Crippen LogP contribution in [0, 0.1) is 16.7 Å². The van der Waals surface area contributed by atoms with E-state index in [4.69, 9.17) is 15.2 Å². The Morgan fingerprint density at radius 2 is 2.15 bits per heavy atom. The van der Waals surface area contributed by atoms with Gasteiger partial charge in [-0.3, -0.25) is 4.79 Å². The predicted molar refractivity (Wildman–Crippen MR) is 95.0 cm³/mol. The number of carbonyl (C=O) groups excluding carboxylic acids is 1. The molecule has 1 atom stereocenters. The number of hydrogen-bond donors (Lipinski definition) is 2. The second-order valence-electron chi connectivity index (χ2n) is 7.36. The van der Waals surface area contributed by atoms with E-state index in [0.717, 1.165) is 0 Å². The van der Waals surface area contributed by atoms with Crippen molar-refractivity contribution in [1.82, 2.24) is 0 Å². The molecule has 0 amide bonds. The number of phenols is 1. The lowest BCUT2D eigenvalue weighted by atomic mass is 9.70. The molecule has 0 aromatic heterocycles. The minimum atomic E-state index is -0.618. The maximum atomic E-state index is 12.9. The lowest BCUT2D eigenvalue weighted by Crippen LogP contribution is -2.33. The minimum absolute atomic E-state index is 0.00317. The van der Waals surface area contributed by atoms with Crippen LogP contribution < -0.4 is 10.5 Å². The first-order valence-electron chi connectivity index (χ1n) is 8.57. The molecule has 1 aromatic carbocycles. The Morgan fingerprint density at radius 1 is 1.42 bits per heavy atom. The van der Waals surface area contributed by atoms with Gasteiger partial charge in [-0.05, 0) is 30.0 Å². The predicted octanol–water partition coefficient (Wildman–Crippen LogP) is 3.24. The van der Waals surface area contributed by atoms with Crippen LogP contribution in [0.2, 0.25) is 0 Å². The zero-order valence-electron chi connectivity index (χ0n) is 15.1. The molecule has 0 radical (unpaired) electrons. The summed E-state index contributed by atoms with van der Waals surface area (Å²) >= 11 is 0. The van der Waals surface area contributed by atoms with Crippen molar-refractivity contribution in [2.24, 2.45) is 11.1 Å². The van der Waals surface area contributed by atoms with Crippen molar-refractivity contribution in [3.8, 4) is 17.6 Å². The lowest BCUT2D eigenvalue weighted by Gasteiger charge is -2.37. The summed E-state index contributed by atoms with van der Waals surface area (Å²) in [6, 6.07) is 6.91. The Kier molecular flexibility index (Phi) is 4.41. The summed E-state index contributed by atoms with van der Waals surface area (Å²) < 4.78 is 11.1. The largest absolute Gasteiger partial charge is 0.504 e. The number of nitrogens with two attached hydrogens (primary N) is 1. The fraction of sp³-hybridized carbons (Fsp3) is 0.400. The van der Waals surface area contributed by atoms with Gasteiger partial charge in [-0.1, -0.05) is 19.9 Å². The third-order valence-electron chi connectivity index (χ3n) is 4.69. The molecular weight excluding hydrogens is 332 g/mol. The molecule has 1 heterocycles. The summed E-state index contributed by atoms with van der Waals surface area (Å²) in [4.78, 5) is 12.9. The summed E-state index contributed by atoms with van der Waals surface area (Å²) in [7, 11) is 0. The highest BCUT2D eigenvalue weighted by Crippen LogP contribution is 2.48. The molecule has 3 N–H and O–H groups in total. The van der Waals surface area contributed by atoms with E-state index < -0.39 is 5.92 Å². The molecule has 0 spiro atoms. The van der Waals surface area contributed by atoms with Crippen LogP contribution in [-0.4, -0.2) is 17.5 Å². The third-order valence-corrected chi connectivity index (χ3v) is 4.69. The van der Waals surface area contributed by atoms with Crippen LogP contribution >= 0.6 is 0 Å². The van der Waals surface area contributed by atoms with Crippen molar-refractivity contribution >= 4 is 5.78 Å². The number of allylic oxidation sites excluding steroid dienone is 3. The Bertz CT molecular complexity index is 874. The van der Waals surface area contributed by atoms with Gasteiger partial charge in [0.2, 0.25) is 5.88 Å². The SMILES string of the molecule is CCOc1cc([C@H]2C(C#N)=C(N)OC3=C2C(=O)CC(C)(C)C3)ccc1O. The molecule has 1 aliphatic heterocycles. The molecule has 0 bridgehead atoms. The Labute approximate surface area is 152 Å². The van der Waals surface area contributed by atoms with Crippen LogP contribution in [0.15, 0.2) is 41.0 Å². The first-order chi connectivity index (χ1) is 12.3. The average Bonchev–Trinajstić information content (AvgIpc) is 2.54. The van der Waals surface area contributed by atoms with Crippen molar-refractivity contribution in [3.63, 3.8) is 0 Å². The Hall–Kier alpha value is -2.94. The van der Waals surface area contributed by atoms with Crippen LogP contribution in [-0.2, 0) is 9.53 Å². The number of phenolic OH excluding ortho intramolecular Hbond substituents is 1. The number of nitrogens with zero attached hydrogens (tertiary/aromatic N) is 1. The van der Waals surface area contributed by atoms with Gasteiger partial charge < -0.3 is 20.3 Å². The lowest BCUT2D eigenvalue weighted by molar-refractivity contribution is -0.119. The zero-order valence-corrected chi connectivity index (χ0v) is 15.1. The maximum Gasteiger partial charge on any atom is 0.205 e. The summed E-state index contributed by atoms with van der Waals surface area (Å²) in [6.45, 7) is 6.20. The standard InChI is InChI=1S/C20H22N2O4/c1-4-25-15-7-11(5-6-13(15)23)17-12(10-21)19(22)26-16-9-20(2,3)8-14(24)18(16)17/h5-7,17,23H,4,8-9,22H2,1-3H3/t17-/m0/s1. The second kappa shape index (κ2) is 6.41. The molecule has 3 rings (SSSR count). The van der Waals surface area contributed by atoms with Crippen LogP contribution in [0.3, 0.4) is 0 Å². The molecule has 0 saturated heterocycles. The van der Waals surface area contributed by atoms with Gasteiger partial charge in [0.1, 0.15) is 17.4 Å². The van der Waals surface area contributed by atoms with Crippen LogP contribution in [0.1, 0.15) is 45.1 Å². The van der Waals surface area contributed by atoms with E-state index in [9.17, 15) is 15.2 Å². The number of ether oxygens (including phenoxy) is 2. The highest BCUT2D eigenvalue weighted by molar-refractivity contribution is 6.00. The fourth-order valence-corrected chi connectivity index (χ4v) is 3.60. The number of rotatable bonds is 3. The van der Waals surface area contributed by atoms with E-state index in [1.807, 2.05) is 20.8 Å². The summed E-state index contributed by atoms with van der Waals surface area (Å²) in [6.07, 6.45) is 0.946. The van der Waals surface area contributed by atoms with Crippen molar-refractivity contribution in [2.45, 2.75) is 39.5 Å². The first kappa shape index (κ1) is 17.9. The second-order valence-corrected chi connectivity index (χ2v) is 7.36. The molecule has 1 aliphatic carbocycles. The minimum Gasteiger partial charge on any atom is -0.504 e. The van der Waals surface area contributed by atoms with E-state index in [0.29, 0.717) is 42.1 Å². The summed E-state index contributed by atoms with van der Waals surface area (Å²) in [5.41, 5.74) is 7.10. The molecule has 1 aromatic rings. The smallest absolute Gasteiger partial charge is 0.205 e. The number of nitriles is 1. The van der Waals surface area contributed by atoms with Gasteiger partial charge in [-0.25, -0.2) is 0 Å². The summed E-state index contributed by atoms with van der Waals surface area (Å²) in [5.74, 6) is 0.188. The van der Waals surface area contributed by atoms with Crippen LogP contribution in [0.5, 0.6) is 11.5 Å². The number of hydrogen-bond acceptors (Lipinski definition) is 6. The molecule has 6 heteroatoms. The first-order valence-corrected chi connectivity index (χ1v) is 8.57. The normalized spacial score (nSPS) is 21.8. The van der Waals surface area contributed by atoms with E-state index in [-0.39, 0.29) is 28.4 Å². The van der Waals surface area contributed by atoms with Crippen molar-refractivity contribution in [1.29, 1.82) is 5.26 Å². The van der Waals surface area contributed by atoms with E-state index in [1.165, 1.54) is 6.07 Å². The Balaban J connectivity index is 2.17. The van der Waals surface area contributed by atoms with Crippen molar-refractivity contribution in [2.75, 3.05) is 6.61 Å². The van der Waals surface area contributed by atoms with Crippen LogP contribution in [0.4, 0.5) is 0 Å². The molecule has 26 heavy (non-hydrogen) atoms. The molecule has 0 saturated carbocycles. The maximum absolute atomic E-state index is 12.9. The highest BCUT2D eigenvalue weighted by Gasteiger charge is 2.43. The third kappa shape index (κ3) is 3.01. The van der Waals surface area contributed by atoms with Crippen LogP contribution in [0.25, 0.3) is 0 Å². The van der Waals surface area contributed by atoms with Crippen molar-refractivity contribution in [3.05, 3.63) is 46.6 Å². The van der Waals surface area contributed by atoms with Crippen molar-refractivity contribution < 1.29 is 19.4 Å². The van der Waals surface area contributed by atoms with E-state index >= 15 is 0 Å².